The van der Waals surface area contributed by atoms with Gasteiger partial charge in [-0.2, -0.15) is 0 Å². The van der Waals surface area contributed by atoms with Crippen LogP contribution in [0.2, 0.25) is 0 Å². The number of methoxy groups -OCH3 is 2. The highest BCUT2D eigenvalue weighted by atomic mass is 16.5. The number of hydrogen-bond donors (Lipinski definition) is 1. The molecule has 0 saturated heterocycles. The van der Waals surface area contributed by atoms with Crippen molar-refractivity contribution in [3.63, 3.8) is 0 Å². The van der Waals surface area contributed by atoms with E-state index in [1.165, 1.54) is 5.56 Å². The van der Waals surface area contributed by atoms with Crippen LogP contribution >= 0.6 is 0 Å². The van der Waals surface area contributed by atoms with Crippen molar-refractivity contribution in [2.45, 2.75) is 18.4 Å². The first-order valence-corrected chi connectivity index (χ1v) is 7.08. The molecule has 0 spiro atoms. The second-order valence-corrected chi connectivity index (χ2v) is 5.18. The molecule has 0 bridgehead atoms. The smallest absolute Gasteiger partial charge is 0.118 e. The van der Waals surface area contributed by atoms with E-state index in [0.29, 0.717) is 6.42 Å². The van der Waals surface area contributed by atoms with E-state index in [0.717, 1.165) is 17.7 Å². The largest absolute Gasteiger partial charge is 0.497 e. The summed E-state index contributed by atoms with van der Waals surface area (Å²) in [7, 11) is 3.27. The van der Waals surface area contributed by atoms with Crippen molar-refractivity contribution in [1.82, 2.24) is 0 Å². The molecule has 0 radical (unpaired) electrons. The highest BCUT2D eigenvalue weighted by molar-refractivity contribution is 5.28. The summed E-state index contributed by atoms with van der Waals surface area (Å²) in [6.07, 6.45) is 1.38. The second kappa shape index (κ2) is 7.25. The molecule has 1 atom stereocenters. The van der Waals surface area contributed by atoms with E-state index in [1.54, 1.807) is 14.2 Å². The Bertz CT molecular complexity index is 536. The van der Waals surface area contributed by atoms with Gasteiger partial charge in [0, 0.05) is 7.11 Å². The van der Waals surface area contributed by atoms with Crippen molar-refractivity contribution in [3.8, 4) is 5.75 Å². The number of aryl methyl sites for hydroxylation is 1. The van der Waals surface area contributed by atoms with Crippen LogP contribution in [-0.2, 0) is 16.8 Å². The molecule has 3 nitrogen and oxygen atoms in total. The maximum atomic E-state index is 10.9. The second-order valence-electron chi connectivity index (χ2n) is 5.18. The lowest BCUT2D eigenvalue weighted by Gasteiger charge is -2.28. The molecule has 0 heterocycles. The van der Waals surface area contributed by atoms with E-state index in [-0.39, 0.29) is 6.61 Å². The highest BCUT2D eigenvalue weighted by Crippen LogP contribution is 2.27. The van der Waals surface area contributed by atoms with Gasteiger partial charge in [0.2, 0.25) is 0 Å². The van der Waals surface area contributed by atoms with Crippen molar-refractivity contribution in [2.24, 2.45) is 0 Å². The van der Waals surface area contributed by atoms with Gasteiger partial charge in [-0.15, -0.1) is 0 Å². The molecular formula is C18H22O3. The molecule has 2 rings (SSSR count). The third-order valence-electron chi connectivity index (χ3n) is 3.68. The topological polar surface area (TPSA) is 38.7 Å². The van der Waals surface area contributed by atoms with Crippen molar-refractivity contribution in [3.05, 3.63) is 65.7 Å². The average molecular weight is 286 g/mol. The van der Waals surface area contributed by atoms with Crippen molar-refractivity contribution in [1.29, 1.82) is 0 Å². The molecule has 0 aliphatic heterocycles. The molecule has 2 aromatic carbocycles. The van der Waals surface area contributed by atoms with E-state index in [4.69, 9.17) is 9.47 Å². The molecule has 0 aliphatic carbocycles. The number of aliphatic hydroxyl groups is 1. The Morgan fingerprint density at radius 1 is 0.952 bits per heavy atom. The van der Waals surface area contributed by atoms with Crippen LogP contribution in [0.15, 0.2) is 54.6 Å². The molecule has 2 aromatic rings. The molecule has 21 heavy (non-hydrogen) atoms. The average Bonchev–Trinajstić information content (AvgIpc) is 2.54. The van der Waals surface area contributed by atoms with Crippen LogP contribution in [0.25, 0.3) is 0 Å². The number of rotatable bonds is 7. The lowest BCUT2D eigenvalue weighted by atomic mass is 9.88. The predicted molar refractivity (Wildman–Crippen MR) is 83.5 cm³/mol. The summed E-state index contributed by atoms with van der Waals surface area (Å²) in [4.78, 5) is 0. The van der Waals surface area contributed by atoms with Gasteiger partial charge in [0.15, 0.2) is 0 Å². The minimum Gasteiger partial charge on any atom is -0.497 e. The Morgan fingerprint density at radius 3 is 2.19 bits per heavy atom. The van der Waals surface area contributed by atoms with Gasteiger partial charge in [-0.1, -0.05) is 42.5 Å². The number of ether oxygens (including phenoxy) is 2. The van der Waals surface area contributed by atoms with Gasteiger partial charge in [-0.3, -0.25) is 0 Å². The van der Waals surface area contributed by atoms with Gasteiger partial charge >= 0.3 is 0 Å². The van der Waals surface area contributed by atoms with Gasteiger partial charge in [0.1, 0.15) is 11.4 Å². The summed E-state index contributed by atoms with van der Waals surface area (Å²) in [5, 5.41) is 10.9. The molecule has 1 N–H and O–H groups in total. The van der Waals surface area contributed by atoms with Gasteiger partial charge < -0.3 is 14.6 Å². The molecule has 3 heteroatoms. The standard InChI is InChI=1S/C18H22O3/c1-20-14-18(19,16-6-4-3-5-7-16)13-12-15-8-10-17(21-2)11-9-15/h3-11,19H,12-14H2,1-2H3. The Hall–Kier alpha value is -1.84. The molecule has 1 unspecified atom stereocenters. The maximum absolute atomic E-state index is 10.9. The Balaban J connectivity index is 2.09. The van der Waals surface area contributed by atoms with Crippen LogP contribution in [0.4, 0.5) is 0 Å². The van der Waals surface area contributed by atoms with E-state index in [2.05, 4.69) is 0 Å². The lowest BCUT2D eigenvalue weighted by molar-refractivity contribution is -0.0418. The number of benzene rings is 2. The van der Waals surface area contributed by atoms with Crippen LogP contribution in [0, 0.1) is 0 Å². The number of hydrogen-bond acceptors (Lipinski definition) is 3. The first-order chi connectivity index (χ1) is 10.2. The molecule has 0 amide bonds. The van der Waals surface area contributed by atoms with E-state index >= 15 is 0 Å². The van der Waals surface area contributed by atoms with Gasteiger partial charge in [0.25, 0.3) is 0 Å². The summed E-state index contributed by atoms with van der Waals surface area (Å²) >= 11 is 0. The van der Waals surface area contributed by atoms with Crippen LogP contribution in [0.1, 0.15) is 17.5 Å². The van der Waals surface area contributed by atoms with Crippen molar-refractivity contribution in [2.75, 3.05) is 20.8 Å². The molecule has 0 fully saturated rings. The van der Waals surface area contributed by atoms with Crippen molar-refractivity contribution >= 4 is 0 Å². The third-order valence-corrected chi connectivity index (χ3v) is 3.68. The quantitative estimate of drug-likeness (QED) is 0.849. The lowest BCUT2D eigenvalue weighted by Crippen LogP contribution is -2.31. The Labute approximate surface area is 126 Å². The Kier molecular flexibility index (Phi) is 5.37. The van der Waals surface area contributed by atoms with Gasteiger partial charge in [-0.05, 0) is 36.1 Å². The summed E-state index contributed by atoms with van der Waals surface area (Å²) in [5.41, 5.74) is 1.09. The van der Waals surface area contributed by atoms with E-state index in [1.807, 2.05) is 54.6 Å². The van der Waals surface area contributed by atoms with Crippen molar-refractivity contribution < 1.29 is 14.6 Å². The molecule has 112 valence electrons. The van der Waals surface area contributed by atoms with E-state index in [9.17, 15) is 5.11 Å². The first-order valence-electron chi connectivity index (χ1n) is 7.08. The minimum atomic E-state index is -0.962. The van der Waals surface area contributed by atoms with Crippen LogP contribution < -0.4 is 4.74 Å². The predicted octanol–water partition coefficient (Wildman–Crippen LogP) is 3.16. The van der Waals surface area contributed by atoms with Gasteiger partial charge in [-0.25, -0.2) is 0 Å². The van der Waals surface area contributed by atoms with Gasteiger partial charge in [0.05, 0.1) is 13.7 Å². The van der Waals surface area contributed by atoms with Crippen LogP contribution in [-0.4, -0.2) is 25.9 Å². The minimum absolute atomic E-state index is 0.285. The van der Waals surface area contributed by atoms with Crippen LogP contribution in [0.3, 0.4) is 0 Å². The zero-order valence-electron chi connectivity index (χ0n) is 12.6. The summed E-state index contributed by atoms with van der Waals surface area (Å²) in [6, 6.07) is 17.6. The Morgan fingerprint density at radius 2 is 1.62 bits per heavy atom. The zero-order valence-corrected chi connectivity index (χ0v) is 12.6. The first kappa shape index (κ1) is 15.5. The fourth-order valence-electron chi connectivity index (χ4n) is 2.43. The highest BCUT2D eigenvalue weighted by Gasteiger charge is 2.28. The summed E-state index contributed by atoms with van der Waals surface area (Å²) in [6.45, 7) is 0.285. The summed E-state index contributed by atoms with van der Waals surface area (Å²) in [5.74, 6) is 0.842. The summed E-state index contributed by atoms with van der Waals surface area (Å²) < 4.78 is 10.4. The fourth-order valence-corrected chi connectivity index (χ4v) is 2.43. The molecular weight excluding hydrogens is 264 g/mol. The zero-order chi connectivity index (χ0) is 15.1. The monoisotopic (exact) mass is 286 g/mol. The SMILES string of the molecule is COCC(O)(CCc1ccc(OC)cc1)c1ccccc1. The third kappa shape index (κ3) is 4.06. The maximum Gasteiger partial charge on any atom is 0.118 e. The molecule has 0 aliphatic rings. The normalized spacial score (nSPS) is 13.7. The van der Waals surface area contributed by atoms with Crippen LogP contribution in [0.5, 0.6) is 5.75 Å². The van der Waals surface area contributed by atoms with E-state index < -0.39 is 5.60 Å². The molecule has 0 aromatic heterocycles. The fraction of sp³-hybridized carbons (Fsp3) is 0.333. The molecule has 0 saturated carbocycles.